The van der Waals surface area contributed by atoms with Crippen molar-refractivity contribution in [3.63, 3.8) is 0 Å². The standard InChI is InChI=1S/C16H16O5/c1-21-15-5-3-2-4-10(15)6-7-12(18)16-13(19)8-11(17)9-14(16)20/h2-5,8-9,17,19-20H,6-7H2,1H3. The summed E-state index contributed by atoms with van der Waals surface area (Å²) in [6.07, 6.45) is 0.523. The number of ether oxygens (including phenoxy) is 1. The molecule has 0 atom stereocenters. The molecule has 0 amide bonds. The summed E-state index contributed by atoms with van der Waals surface area (Å²) in [5, 5.41) is 28.6. The molecule has 2 aromatic carbocycles. The van der Waals surface area contributed by atoms with Gasteiger partial charge in [0.1, 0.15) is 28.6 Å². The molecule has 2 aromatic rings. The number of aromatic hydroxyl groups is 3. The Morgan fingerprint density at radius 3 is 2.33 bits per heavy atom. The van der Waals surface area contributed by atoms with E-state index in [9.17, 15) is 20.1 Å². The molecule has 0 saturated heterocycles. The van der Waals surface area contributed by atoms with E-state index < -0.39 is 17.3 Å². The Hall–Kier alpha value is -2.69. The fraction of sp³-hybridized carbons (Fsp3) is 0.188. The number of carbonyl (C=O) groups excluding carboxylic acids is 1. The maximum absolute atomic E-state index is 12.1. The van der Waals surface area contributed by atoms with Crippen LogP contribution < -0.4 is 4.74 Å². The third-order valence-electron chi connectivity index (χ3n) is 3.17. The molecule has 0 aliphatic carbocycles. The van der Waals surface area contributed by atoms with E-state index in [1.807, 2.05) is 18.2 Å². The third-order valence-corrected chi connectivity index (χ3v) is 3.17. The Labute approximate surface area is 122 Å². The topological polar surface area (TPSA) is 87.0 Å². The van der Waals surface area contributed by atoms with Gasteiger partial charge in [-0.15, -0.1) is 0 Å². The summed E-state index contributed by atoms with van der Waals surface area (Å²) in [4.78, 5) is 12.1. The van der Waals surface area contributed by atoms with Crippen molar-refractivity contribution < 1.29 is 24.9 Å². The van der Waals surface area contributed by atoms with Gasteiger partial charge in [0.2, 0.25) is 0 Å². The zero-order valence-corrected chi connectivity index (χ0v) is 11.5. The summed E-state index contributed by atoms with van der Waals surface area (Å²) in [7, 11) is 1.55. The van der Waals surface area contributed by atoms with Crippen LogP contribution in [0, 0.1) is 0 Å². The number of hydrogen-bond donors (Lipinski definition) is 3. The Morgan fingerprint density at radius 2 is 1.71 bits per heavy atom. The first kappa shape index (κ1) is 14.7. The molecule has 0 fully saturated rings. The second-order valence-corrected chi connectivity index (χ2v) is 4.59. The smallest absolute Gasteiger partial charge is 0.170 e. The SMILES string of the molecule is COc1ccccc1CCC(=O)c1c(O)cc(O)cc1O. The monoisotopic (exact) mass is 288 g/mol. The first-order valence-corrected chi connectivity index (χ1v) is 6.43. The van der Waals surface area contributed by atoms with E-state index in [-0.39, 0.29) is 17.7 Å². The van der Waals surface area contributed by atoms with Crippen molar-refractivity contribution in [2.24, 2.45) is 0 Å². The number of ketones is 1. The Kier molecular flexibility index (Phi) is 4.33. The zero-order valence-electron chi connectivity index (χ0n) is 11.5. The van der Waals surface area contributed by atoms with Gasteiger partial charge in [-0.2, -0.15) is 0 Å². The lowest BCUT2D eigenvalue weighted by Gasteiger charge is -2.09. The van der Waals surface area contributed by atoms with Crippen LogP contribution in [0.25, 0.3) is 0 Å². The quantitative estimate of drug-likeness (QED) is 0.736. The van der Waals surface area contributed by atoms with Gasteiger partial charge in [-0.25, -0.2) is 0 Å². The molecule has 0 heterocycles. The van der Waals surface area contributed by atoms with Crippen molar-refractivity contribution in [1.29, 1.82) is 0 Å². The minimum atomic E-state index is -0.433. The van der Waals surface area contributed by atoms with Gasteiger partial charge in [0, 0.05) is 18.6 Å². The minimum Gasteiger partial charge on any atom is -0.508 e. The summed E-state index contributed by atoms with van der Waals surface area (Å²) in [5.74, 6) is -0.887. The van der Waals surface area contributed by atoms with Gasteiger partial charge in [0.15, 0.2) is 5.78 Å². The molecule has 3 N–H and O–H groups in total. The van der Waals surface area contributed by atoms with E-state index in [0.717, 1.165) is 17.7 Å². The number of carbonyl (C=O) groups is 1. The second kappa shape index (κ2) is 6.17. The highest BCUT2D eigenvalue weighted by molar-refractivity contribution is 6.01. The molecule has 5 nitrogen and oxygen atoms in total. The van der Waals surface area contributed by atoms with E-state index in [0.29, 0.717) is 12.2 Å². The molecule has 2 rings (SSSR count). The predicted octanol–water partition coefficient (Wildman–Crippen LogP) is 2.63. The van der Waals surface area contributed by atoms with Crippen molar-refractivity contribution in [3.8, 4) is 23.0 Å². The lowest BCUT2D eigenvalue weighted by molar-refractivity contribution is 0.0977. The van der Waals surface area contributed by atoms with E-state index in [4.69, 9.17) is 4.74 Å². The molecule has 0 radical (unpaired) electrons. The van der Waals surface area contributed by atoms with Crippen molar-refractivity contribution in [2.75, 3.05) is 7.11 Å². The van der Waals surface area contributed by atoms with Gasteiger partial charge < -0.3 is 20.1 Å². The average Bonchev–Trinajstić information content (AvgIpc) is 2.44. The molecule has 0 aromatic heterocycles. The van der Waals surface area contributed by atoms with Crippen molar-refractivity contribution in [2.45, 2.75) is 12.8 Å². The molecule has 0 spiro atoms. The van der Waals surface area contributed by atoms with Crippen LogP contribution in [-0.4, -0.2) is 28.2 Å². The fourth-order valence-electron chi connectivity index (χ4n) is 2.17. The highest BCUT2D eigenvalue weighted by Gasteiger charge is 2.18. The van der Waals surface area contributed by atoms with Crippen LogP contribution in [0.15, 0.2) is 36.4 Å². The van der Waals surface area contributed by atoms with Gasteiger partial charge in [0.05, 0.1) is 7.11 Å². The number of rotatable bonds is 5. The Balaban J connectivity index is 2.16. The van der Waals surface area contributed by atoms with Crippen LogP contribution in [-0.2, 0) is 6.42 Å². The summed E-state index contributed by atoms with van der Waals surface area (Å²) in [6.45, 7) is 0. The van der Waals surface area contributed by atoms with Crippen LogP contribution in [0.3, 0.4) is 0 Å². The summed E-state index contributed by atoms with van der Waals surface area (Å²) in [5.41, 5.74) is 0.689. The van der Waals surface area contributed by atoms with Crippen LogP contribution in [0.2, 0.25) is 0 Å². The maximum atomic E-state index is 12.1. The van der Waals surface area contributed by atoms with Crippen LogP contribution in [0.5, 0.6) is 23.0 Å². The number of Topliss-reactive ketones (excluding diaryl/α,β-unsaturated/α-hetero) is 1. The molecule has 0 aliphatic rings. The molecule has 0 bridgehead atoms. The van der Waals surface area contributed by atoms with Crippen LogP contribution in [0.4, 0.5) is 0 Å². The number of benzene rings is 2. The van der Waals surface area contributed by atoms with E-state index in [1.165, 1.54) is 0 Å². The van der Waals surface area contributed by atoms with Gasteiger partial charge in [-0.3, -0.25) is 4.79 Å². The van der Waals surface area contributed by atoms with Gasteiger partial charge >= 0.3 is 0 Å². The lowest BCUT2D eigenvalue weighted by atomic mass is 10.0. The molecule has 21 heavy (non-hydrogen) atoms. The summed E-state index contributed by atoms with van der Waals surface area (Å²) in [6, 6.07) is 9.38. The lowest BCUT2D eigenvalue weighted by Crippen LogP contribution is -2.03. The molecule has 5 heteroatoms. The number of methoxy groups -OCH3 is 1. The fourth-order valence-corrected chi connectivity index (χ4v) is 2.17. The zero-order chi connectivity index (χ0) is 15.4. The van der Waals surface area contributed by atoms with E-state index in [1.54, 1.807) is 13.2 Å². The highest BCUT2D eigenvalue weighted by atomic mass is 16.5. The van der Waals surface area contributed by atoms with Crippen molar-refractivity contribution in [1.82, 2.24) is 0 Å². The first-order valence-electron chi connectivity index (χ1n) is 6.43. The maximum Gasteiger partial charge on any atom is 0.170 e. The van der Waals surface area contributed by atoms with Crippen LogP contribution >= 0.6 is 0 Å². The number of phenolic OH excluding ortho intramolecular Hbond substituents is 3. The van der Waals surface area contributed by atoms with E-state index >= 15 is 0 Å². The van der Waals surface area contributed by atoms with Gasteiger partial charge in [0.25, 0.3) is 0 Å². The summed E-state index contributed by atoms with van der Waals surface area (Å²) >= 11 is 0. The third kappa shape index (κ3) is 3.25. The largest absolute Gasteiger partial charge is 0.508 e. The molecule has 0 aliphatic heterocycles. The minimum absolute atomic E-state index is 0.103. The predicted molar refractivity (Wildman–Crippen MR) is 77.1 cm³/mol. The molecular formula is C16H16O5. The Morgan fingerprint density at radius 1 is 1.10 bits per heavy atom. The van der Waals surface area contributed by atoms with Crippen LogP contribution in [0.1, 0.15) is 22.3 Å². The number of phenols is 3. The number of aryl methyl sites for hydroxylation is 1. The molecule has 110 valence electrons. The van der Waals surface area contributed by atoms with Gasteiger partial charge in [-0.1, -0.05) is 18.2 Å². The Bertz CT molecular complexity index is 640. The normalized spacial score (nSPS) is 10.3. The van der Waals surface area contributed by atoms with Crippen molar-refractivity contribution in [3.05, 3.63) is 47.5 Å². The summed E-state index contributed by atoms with van der Waals surface area (Å²) < 4.78 is 5.20. The first-order chi connectivity index (χ1) is 10.0. The average molecular weight is 288 g/mol. The molecule has 0 saturated carbocycles. The molecule has 0 unspecified atom stereocenters. The number of para-hydroxylation sites is 1. The highest BCUT2D eigenvalue weighted by Crippen LogP contribution is 2.33. The van der Waals surface area contributed by atoms with E-state index in [2.05, 4.69) is 0 Å². The van der Waals surface area contributed by atoms with Crippen molar-refractivity contribution >= 4 is 5.78 Å². The second-order valence-electron chi connectivity index (χ2n) is 4.59. The molecular weight excluding hydrogens is 272 g/mol. The van der Waals surface area contributed by atoms with Gasteiger partial charge in [-0.05, 0) is 18.1 Å². The number of hydrogen-bond acceptors (Lipinski definition) is 5.